The molecule has 0 aromatic rings. The van der Waals surface area contributed by atoms with Crippen LogP contribution in [0.15, 0.2) is 0 Å². The zero-order chi connectivity index (χ0) is 9.14. The molecule has 1 atom stereocenters. The number of ether oxygens (including phenoxy) is 1. The molecule has 6 heteroatoms. The average Bonchev–Trinajstić information content (AvgIpc) is 2.45. The Morgan fingerprint density at radius 2 is 2.50 bits per heavy atom. The van der Waals surface area contributed by atoms with Gasteiger partial charge in [0.05, 0.1) is 13.1 Å². The number of cyclic esters (lactones) is 1. The number of carbonyl (C=O) groups is 2. The molecule has 1 unspecified atom stereocenters. The van der Waals surface area contributed by atoms with Crippen molar-refractivity contribution in [2.45, 2.75) is 6.10 Å². The fourth-order valence-electron chi connectivity index (χ4n) is 0.916. The van der Waals surface area contributed by atoms with Crippen LogP contribution in [-0.2, 0) is 9.53 Å². The molecule has 68 valence electrons. The molecule has 0 aromatic carbocycles. The van der Waals surface area contributed by atoms with Gasteiger partial charge in [0.25, 0.3) is 0 Å². The van der Waals surface area contributed by atoms with E-state index < -0.39 is 12.0 Å². The first kappa shape index (κ1) is 9.47. The Morgan fingerprint density at radius 3 is 2.92 bits per heavy atom. The number of nitrogens with two attached hydrogens (primary N) is 1. The fraction of sp³-hybridized carbons (Fsp3) is 0.667. The topological polar surface area (TPSA) is 72.6 Å². The Labute approximate surface area is 78.0 Å². The largest absolute Gasteiger partial charge is 0.443 e. The molecule has 0 aromatic heterocycles. The first-order valence-electron chi connectivity index (χ1n) is 3.46. The Bertz CT molecular complexity index is 209. The van der Waals surface area contributed by atoms with Gasteiger partial charge in [0.15, 0.2) is 0 Å². The summed E-state index contributed by atoms with van der Waals surface area (Å²) in [6.45, 7) is 0.129. The predicted octanol–water partition coefficient (Wildman–Crippen LogP) is -0.313. The lowest BCUT2D eigenvalue weighted by molar-refractivity contribution is -0.126. The van der Waals surface area contributed by atoms with Gasteiger partial charge >= 0.3 is 6.09 Å². The molecule has 0 aliphatic carbocycles. The van der Waals surface area contributed by atoms with Crippen molar-refractivity contribution in [3.63, 3.8) is 0 Å². The highest BCUT2D eigenvalue weighted by atomic mass is 79.9. The van der Waals surface area contributed by atoms with Gasteiger partial charge in [-0.25, -0.2) is 9.69 Å². The van der Waals surface area contributed by atoms with Crippen molar-refractivity contribution in [3.8, 4) is 0 Å². The van der Waals surface area contributed by atoms with E-state index in [-0.39, 0.29) is 12.6 Å². The van der Waals surface area contributed by atoms with E-state index in [0.29, 0.717) is 11.9 Å². The maximum absolute atomic E-state index is 11.0. The van der Waals surface area contributed by atoms with Crippen molar-refractivity contribution in [1.82, 2.24) is 4.90 Å². The third-order valence-corrected chi connectivity index (χ3v) is 2.24. The van der Waals surface area contributed by atoms with Crippen LogP contribution in [0.2, 0.25) is 0 Å². The maximum atomic E-state index is 11.0. The number of halogens is 1. The van der Waals surface area contributed by atoms with Gasteiger partial charge in [0, 0.05) is 5.33 Å². The van der Waals surface area contributed by atoms with Crippen LogP contribution in [0.3, 0.4) is 0 Å². The summed E-state index contributed by atoms with van der Waals surface area (Å²) in [4.78, 5) is 22.9. The van der Waals surface area contributed by atoms with Crippen LogP contribution in [0.1, 0.15) is 0 Å². The number of nitrogens with zero attached hydrogens (tertiary/aromatic N) is 1. The summed E-state index contributed by atoms with van der Waals surface area (Å²) in [6.07, 6.45) is -0.845. The van der Waals surface area contributed by atoms with Crippen molar-refractivity contribution < 1.29 is 14.3 Å². The zero-order valence-electron chi connectivity index (χ0n) is 6.33. The summed E-state index contributed by atoms with van der Waals surface area (Å²) < 4.78 is 4.81. The average molecular weight is 237 g/mol. The van der Waals surface area contributed by atoms with E-state index in [4.69, 9.17) is 10.5 Å². The summed E-state index contributed by atoms with van der Waals surface area (Å²) >= 11 is 3.16. The second-order valence-electron chi connectivity index (χ2n) is 2.37. The fourth-order valence-corrected chi connectivity index (χ4v) is 1.25. The van der Waals surface area contributed by atoms with E-state index in [9.17, 15) is 9.59 Å². The molecule has 12 heavy (non-hydrogen) atoms. The molecule has 0 spiro atoms. The number of carbonyl (C=O) groups excluding carboxylic acids is 2. The highest BCUT2D eigenvalue weighted by Gasteiger charge is 2.34. The SMILES string of the molecule is NCC(=O)N1CC(CBr)OC1=O. The number of alkyl halides is 1. The zero-order valence-corrected chi connectivity index (χ0v) is 7.91. The quantitative estimate of drug-likeness (QED) is 0.668. The summed E-state index contributed by atoms with van der Waals surface area (Å²) in [5.74, 6) is -0.400. The van der Waals surface area contributed by atoms with Crippen LogP contribution in [0.4, 0.5) is 4.79 Å². The number of imide groups is 1. The third kappa shape index (κ3) is 1.75. The first-order chi connectivity index (χ1) is 5.69. The van der Waals surface area contributed by atoms with Gasteiger partial charge in [-0.3, -0.25) is 4.79 Å². The number of hydrogen-bond donors (Lipinski definition) is 1. The second-order valence-corrected chi connectivity index (χ2v) is 3.02. The van der Waals surface area contributed by atoms with Gasteiger partial charge in [0.1, 0.15) is 6.10 Å². The minimum Gasteiger partial charge on any atom is -0.443 e. The molecule has 0 radical (unpaired) electrons. The Balaban J connectivity index is 2.57. The Hall–Kier alpha value is -0.620. The smallest absolute Gasteiger partial charge is 0.417 e. The minimum absolute atomic E-state index is 0.163. The van der Waals surface area contributed by atoms with Gasteiger partial charge in [-0.05, 0) is 0 Å². The summed E-state index contributed by atoms with van der Waals surface area (Å²) in [5.41, 5.74) is 5.09. The van der Waals surface area contributed by atoms with Crippen molar-refractivity contribution in [3.05, 3.63) is 0 Å². The molecule has 5 nitrogen and oxygen atoms in total. The molecule has 1 heterocycles. The molecule has 0 bridgehead atoms. The van der Waals surface area contributed by atoms with Crippen molar-refractivity contribution in [2.75, 3.05) is 18.4 Å². The Morgan fingerprint density at radius 1 is 1.83 bits per heavy atom. The standard InChI is InChI=1S/C6H9BrN2O3/c7-1-4-3-9(5(10)2-8)6(11)12-4/h4H,1-3,8H2. The van der Waals surface area contributed by atoms with Gasteiger partial charge in [-0.15, -0.1) is 0 Å². The number of hydrogen-bond acceptors (Lipinski definition) is 4. The molecule has 0 saturated carbocycles. The van der Waals surface area contributed by atoms with Crippen LogP contribution < -0.4 is 5.73 Å². The number of amides is 2. The lowest BCUT2D eigenvalue weighted by atomic mass is 10.4. The summed E-state index contributed by atoms with van der Waals surface area (Å²) in [6, 6.07) is 0. The van der Waals surface area contributed by atoms with E-state index in [1.807, 2.05) is 0 Å². The predicted molar refractivity (Wildman–Crippen MR) is 44.8 cm³/mol. The number of rotatable bonds is 2. The lowest BCUT2D eigenvalue weighted by Gasteiger charge is -2.07. The molecule has 1 saturated heterocycles. The Kier molecular flexibility index (Phi) is 3.05. The van der Waals surface area contributed by atoms with Crippen LogP contribution in [-0.4, -0.2) is 41.4 Å². The van der Waals surface area contributed by atoms with Crippen molar-refractivity contribution in [1.29, 1.82) is 0 Å². The third-order valence-electron chi connectivity index (χ3n) is 1.52. The van der Waals surface area contributed by atoms with Crippen molar-refractivity contribution in [2.24, 2.45) is 5.73 Å². The highest BCUT2D eigenvalue weighted by Crippen LogP contribution is 2.12. The second kappa shape index (κ2) is 3.86. The molecule has 1 aliphatic rings. The molecular formula is C6H9BrN2O3. The molecule has 1 rings (SSSR count). The minimum atomic E-state index is -0.602. The highest BCUT2D eigenvalue weighted by molar-refractivity contribution is 9.09. The molecule has 2 amide bonds. The van der Waals surface area contributed by atoms with Crippen LogP contribution >= 0.6 is 15.9 Å². The van der Waals surface area contributed by atoms with E-state index in [1.165, 1.54) is 0 Å². The summed E-state index contributed by atoms with van der Waals surface area (Å²) in [5, 5.41) is 0.535. The lowest BCUT2D eigenvalue weighted by Crippen LogP contribution is -2.37. The van der Waals surface area contributed by atoms with E-state index in [1.54, 1.807) is 0 Å². The molecule has 2 N–H and O–H groups in total. The monoisotopic (exact) mass is 236 g/mol. The first-order valence-corrected chi connectivity index (χ1v) is 4.58. The van der Waals surface area contributed by atoms with E-state index >= 15 is 0 Å². The van der Waals surface area contributed by atoms with Gasteiger partial charge in [-0.1, -0.05) is 15.9 Å². The molecule has 1 aliphatic heterocycles. The normalized spacial score (nSPS) is 22.7. The van der Waals surface area contributed by atoms with Gasteiger partial charge in [0.2, 0.25) is 5.91 Å². The maximum Gasteiger partial charge on any atom is 0.417 e. The molecular weight excluding hydrogens is 228 g/mol. The van der Waals surface area contributed by atoms with E-state index in [0.717, 1.165) is 4.90 Å². The van der Waals surface area contributed by atoms with E-state index in [2.05, 4.69) is 15.9 Å². The van der Waals surface area contributed by atoms with Gasteiger partial charge in [-0.2, -0.15) is 0 Å². The van der Waals surface area contributed by atoms with Crippen molar-refractivity contribution >= 4 is 27.9 Å². The molecule has 1 fully saturated rings. The van der Waals surface area contributed by atoms with Crippen LogP contribution in [0.25, 0.3) is 0 Å². The van der Waals surface area contributed by atoms with Crippen LogP contribution in [0, 0.1) is 0 Å². The van der Waals surface area contributed by atoms with Gasteiger partial charge < -0.3 is 10.5 Å². The summed E-state index contributed by atoms with van der Waals surface area (Å²) in [7, 11) is 0. The van der Waals surface area contributed by atoms with Crippen LogP contribution in [0.5, 0.6) is 0 Å².